The van der Waals surface area contributed by atoms with E-state index in [4.69, 9.17) is 4.18 Å². The summed E-state index contributed by atoms with van der Waals surface area (Å²) in [4.78, 5) is 16.1. The highest BCUT2D eigenvalue weighted by molar-refractivity contribution is 7.92. The molecule has 0 aromatic carbocycles. The Hall–Kier alpha value is -1.56. The second-order valence-electron chi connectivity index (χ2n) is 5.32. The molecule has 24 heavy (non-hydrogen) atoms. The zero-order chi connectivity index (χ0) is 18.1. The lowest BCUT2D eigenvalue weighted by Gasteiger charge is -2.21. The zero-order valence-electron chi connectivity index (χ0n) is 13.1. The average molecular weight is 392 g/mol. The van der Waals surface area contributed by atoms with Crippen LogP contribution in [0.25, 0.3) is 0 Å². The van der Waals surface area contributed by atoms with Crippen molar-refractivity contribution in [1.29, 1.82) is 0 Å². The Bertz CT molecular complexity index is 911. The molecule has 2 atom stereocenters. The first kappa shape index (κ1) is 18.8. The van der Waals surface area contributed by atoms with Gasteiger partial charge in [-0.15, -0.1) is 0 Å². The Morgan fingerprint density at radius 2 is 1.96 bits per heavy atom. The van der Waals surface area contributed by atoms with Crippen LogP contribution >= 0.6 is 11.3 Å². The largest absolute Gasteiger partial charge is 0.298 e. The minimum absolute atomic E-state index is 0.0397. The van der Waals surface area contributed by atoms with Crippen molar-refractivity contribution in [3.63, 3.8) is 0 Å². The highest BCUT2D eigenvalue weighted by Crippen LogP contribution is 2.25. The number of anilines is 1. The third kappa shape index (κ3) is 4.97. The van der Waals surface area contributed by atoms with Crippen molar-refractivity contribution in [2.24, 2.45) is 5.92 Å². The summed E-state index contributed by atoms with van der Waals surface area (Å²) in [6.07, 6.45) is 6.99. The number of hydrogen-bond acceptors (Lipinski definition) is 8. The Morgan fingerprint density at radius 3 is 2.50 bits per heavy atom. The van der Waals surface area contributed by atoms with E-state index in [1.165, 1.54) is 12.3 Å². The SMILES string of the molecule is CC1C=CC(C(=O)Nc2ncc(S(C)(=O)=O)s2)=CC1OS(C)(=O)=O. The third-order valence-corrected chi connectivity index (χ3v) is 6.33. The summed E-state index contributed by atoms with van der Waals surface area (Å²) in [6, 6.07) is 0. The number of carbonyl (C=O) groups excluding carboxylic acids is 1. The van der Waals surface area contributed by atoms with Crippen LogP contribution in [0.4, 0.5) is 5.13 Å². The molecular formula is C13H16N2O6S3. The van der Waals surface area contributed by atoms with Gasteiger partial charge in [-0.05, 0) is 6.08 Å². The Labute approximate surface area is 144 Å². The van der Waals surface area contributed by atoms with Crippen LogP contribution in [-0.2, 0) is 28.9 Å². The number of nitrogens with zero attached hydrogens (tertiary/aromatic N) is 1. The number of sulfone groups is 1. The van der Waals surface area contributed by atoms with Gasteiger partial charge in [0, 0.05) is 17.7 Å². The number of nitrogens with one attached hydrogen (secondary N) is 1. The molecule has 0 saturated heterocycles. The fourth-order valence-corrected chi connectivity index (χ4v) is 4.14. The lowest BCUT2D eigenvalue weighted by Crippen LogP contribution is -2.26. The fraction of sp³-hybridized carbons (Fsp3) is 0.385. The maximum Gasteiger partial charge on any atom is 0.264 e. The minimum Gasteiger partial charge on any atom is -0.298 e. The first-order chi connectivity index (χ1) is 11.0. The van der Waals surface area contributed by atoms with Gasteiger partial charge in [-0.1, -0.05) is 30.4 Å². The molecule has 2 rings (SSSR count). The van der Waals surface area contributed by atoms with E-state index in [-0.39, 0.29) is 20.8 Å². The summed E-state index contributed by atoms with van der Waals surface area (Å²) in [7, 11) is -7.05. The molecule has 0 saturated carbocycles. The lowest BCUT2D eigenvalue weighted by atomic mass is 9.95. The molecular weight excluding hydrogens is 376 g/mol. The maximum atomic E-state index is 12.2. The van der Waals surface area contributed by atoms with Gasteiger partial charge in [0.2, 0.25) is 0 Å². The van der Waals surface area contributed by atoms with Crippen LogP contribution in [0.5, 0.6) is 0 Å². The molecule has 1 aromatic heterocycles. The number of amides is 1. The van der Waals surface area contributed by atoms with Gasteiger partial charge in [0.1, 0.15) is 10.3 Å². The van der Waals surface area contributed by atoms with Crippen molar-refractivity contribution in [3.8, 4) is 0 Å². The van der Waals surface area contributed by atoms with E-state index in [2.05, 4.69) is 10.3 Å². The van der Waals surface area contributed by atoms with Gasteiger partial charge in [0.05, 0.1) is 12.5 Å². The van der Waals surface area contributed by atoms with Crippen LogP contribution in [0.15, 0.2) is 34.2 Å². The quantitative estimate of drug-likeness (QED) is 0.741. The molecule has 1 amide bonds. The van der Waals surface area contributed by atoms with Gasteiger partial charge in [-0.25, -0.2) is 13.4 Å². The number of hydrogen-bond donors (Lipinski definition) is 1. The summed E-state index contributed by atoms with van der Waals surface area (Å²) in [5.41, 5.74) is 0.206. The molecule has 0 bridgehead atoms. The van der Waals surface area contributed by atoms with Gasteiger partial charge in [-0.3, -0.25) is 14.3 Å². The fourth-order valence-electron chi connectivity index (χ4n) is 1.88. The number of aromatic nitrogens is 1. The van der Waals surface area contributed by atoms with Gasteiger partial charge >= 0.3 is 0 Å². The molecule has 1 aliphatic rings. The van der Waals surface area contributed by atoms with Crippen molar-refractivity contribution in [3.05, 3.63) is 30.0 Å². The van der Waals surface area contributed by atoms with Gasteiger partial charge < -0.3 is 0 Å². The molecule has 1 aliphatic carbocycles. The molecule has 0 fully saturated rings. The van der Waals surface area contributed by atoms with E-state index in [1.807, 2.05) is 0 Å². The van der Waals surface area contributed by atoms with Crippen LogP contribution in [-0.4, -0.2) is 46.3 Å². The topological polar surface area (TPSA) is 120 Å². The molecule has 132 valence electrons. The predicted octanol–water partition coefficient (Wildman–Crippen LogP) is 0.962. The van der Waals surface area contributed by atoms with Crippen LogP contribution in [0.2, 0.25) is 0 Å². The standard InChI is InChI=1S/C13H16N2O6S3/c1-8-4-5-9(6-10(8)21-24(3,19)20)12(16)15-13-14-7-11(22-13)23(2,17)18/h4-8,10H,1-3H3,(H,14,15,16). The molecule has 0 spiro atoms. The summed E-state index contributed by atoms with van der Waals surface area (Å²) >= 11 is 0.834. The molecule has 11 heteroatoms. The highest BCUT2D eigenvalue weighted by atomic mass is 32.2. The van der Waals surface area contributed by atoms with Crippen LogP contribution in [0, 0.1) is 5.92 Å². The first-order valence-corrected chi connectivity index (χ1v) is 11.2. The summed E-state index contributed by atoms with van der Waals surface area (Å²) in [6.45, 7) is 1.76. The molecule has 1 N–H and O–H groups in total. The number of carbonyl (C=O) groups is 1. The molecule has 1 aromatic rings. The van der Waals surface area contributed by atoms with Crippen molar-refractivity contribution in [2.75, 3.05) is 17.8 Å². The second-order valence-corrected chi connectivity index (χ2v) is 10.2. The second kappa shape index (κ2) is 6.75. The number of thiazole rings is 1. The van der Waals surface area contributed by atoms with Gasteiger partial charge in [-0.2, -0.15) is 8.42 Å². The monoisotopic (exact) mass is 392 g/mol. The van der Waals surface area contributed by atoms with Crippen LogP contribution in [0.1, 0.15) is 6.92 Å². The Balaban J connectivity index is 2.15. The third-order valence-electron chi connectivity index (χ3n) is 3.06. The highest BCUT2D eigenvalue weighted by Gasteiger charge is 2.24. The lowest BCUT2D eigenvalue weighted by molar-refractivity contribution is -0.112. The van der Waals surface area contributed by atoms with Crippen molar-refractivity contribution >= 4 is 42.3 Å². The van der Waals surface area contributed by atoms with E-state index >= 15 is 0 Å². The van der Waals surface area contributed by atoms with Gasteiger partial charge in [0.25, 0.3) is 16.0 Å². The van der Waals surface area contributed by atoms with E-state index < -0.39 is 32.0 Å². The average Bonchev–Trinajstić information content (AvgIpc) is 2.88. The molecule has 8 nitrogen and oxygen atoms in total. The summed E-state index contributed by atoms with van der Waals surface area (Å²) in [5.74, 6) is -0.748. The molecule has 0 aliphatic heterocycles. The van der Waals surface area contributed by atoms with Crippen molar-refractivity contribution < 1.29 is 25.8 Å². The number of rotatable bonds is 5. The zero-order valence-corrected chi connectivity index (χ0v) is 15.5. The Kier molecular flexibility index (Phi) is 5.28. The molecule has 1 heterocycles. The normalized spacial score (nSPS) is 21.4. The molecule has 0 radical (unpaired) electrons. The minimum atomic E-state index is -3.66. The van der Waals surface area contributed by atoms with E-state index in [0.29, 0.717) is 0 Å². The van der Waals surface area contributed by atoms with Crippen molar-refractivity contribution in [2.45, 2.75) is 17.2 Å². The van der Waals surface area contributed by atoms with E-state index in [9.17, 15) is 21.6 Å². The van der Waals surface area contributed by atoms with E-state index in [0.717, 1.165) is 23.8 Å². The maximum absolute atomic E-state index is 12.2. The van der Waals surface area contributed by atoms with Crippen LogP contribution in [0.3, 0.4) is 0 Å². The van der Waals surface area contributed by atoms with Gasteiger partial charge in [0.15, 0.2) is 15.0 Å². The predicted molar refractivity (Wildman–Crippen MR) is 90.0 cm³/mol. The summed E-state index contributed by atoms with van der Waals surface area (Å²) < 4.78 is 50.3. The molecule has 2 unspecified atom stereocenters. The van der Waals surface area contributed by atoms with E-state index in [1.54, 1.807) is 19.1 Å². The summed E-state index contributed by atoms with van der Waals surface area (Å²) in [5, 5.41) is 2.62. The first-order valence-electron chi connectivity index (χ1n) is 6.71. The van der Waals surface area contributed by atoms with Crippen LogP contribution < -0.4 is 5.32 Å². The Morgan fingerprint density at radius 1 is 1.29 bits per heavy atom. The van der Waals surface area contributed by atoms with Crippen molar-refractivity contribution in [1.82, 2.24) is 4.98 Å². The smallest absolute Gasteiger partial charge is 0.264 e.